The van der Waals surface area contributed by atoms with Gasteiger partial charge in [-0.2, -0.15) is 0 Å². The van der Waals surface area contributed by atoms with E-state index in [1.807, 2.05) is 6.07 Å². The Bertz CT molecular complexity index is 872. The number of ether oxygens (including phenoxy) is 1. The molecule has 1 aromatic carbocycles. The number of hydrogen-bond acceptors (Lipinski definition) is 7. The molecule has 0 spiro atoms. The van der Waals surface area contributed by atoms with E-state index in [4.69, 9.17) is 33.0 Å². The van der Waals surface area contributed by atoms with Crippen LogP contribution in [0, 0.1) is 0 Å². The zero-order valence-corrected chi connectivity index (χ0v) is 18.9. The molecule has 1 fully saturated rings. The summed E-state index contributed by atoms with van der Waals surface area (Å²) >= 11 is 12.0. The highest BCUT2D eigenvalue weighted by molar-refractivity contribution is 6.42. The van der Waals surface area contributed by atoms with E-state index in [0.29, 0.717) is 22.5 Å². The fourth-order valence-corrected chi connectivity index (χ4v) is 3.01. The SMILES string of the molecule is CC(=O)C(=O)O.CN1CCN(CC(O)COc2ccn(-c3ccc(Cl)c(Cl)c3)n2)CC1. The van der Waals surface area contributed by atoms with Gasteiger partial charge in [0.15, 0.2) is 0 Å². The predicted octanol–water partition coefficient (Wildman–Crippen LogP) is 1.83. The number of likely N-dealkylation sites (N-methyl/N-ethyl adjacent to an activating group) is 1. The smallest absolute Gasteiger partial charge is 0.371 e. The highest BCUT2D eigenvalue weighted by atomic mass is 35.5. The van der Waals surface area contributed by atoms with Crippen LogP contribution in [-0.2, 0) is 9.59 Å². The van der Waals surface area contributed by atoms with Crippen molar-refractivity contribution in [2.75, 3.05) is 46.4 Å². The number of ketones is 1. The molecule has 0 saturated carbocycles. The van der Waals surface area contributed by atoms with Crippen molar-refractivity contribution in [3.05, 3.63) is 40.5 Å². The van der Waals surface area contributed by atoms with E-state index in [2.05, 4.69) is 21.9 Å². The number of aromatic nitrogens is 2. The van der Waals surface area contributed by atoms with Crippen LogP contribution in [0.25, 0.3) is 5.69 Å². The van der Waals surface area contributed by atoms with Crippen LogP contribution in [0.5, 0.6) is 5.88 Å². The van der Waals surface area contributed by atoms with Crippen LogP contribution in [-0.4, -0.2) is 94.0 Å². The first-order chi connectivity index (χ1) is 14.7. The molecule has 0 aliphatic carbocycles. The molecule has 2 aromatic rings. The number of nitrogens with zero attached hydrogens (tertiary/aromatic N) is 4. The molecule has 3 rings (SSSR count). The van der Waals surface area contributed by atoms with Gasteiger partial charge in [0, 0.05) is 51.9 Å². The van der Waals surface area contributed by atoms with Crippen LogP contribution in [0.1, 0.15) is 6.92 Å². The lowest BCUT2D eigenvalue weighted by atomic mass is 10.3. The summed E-state index contributed by atoms with van der Waals surface area (Å²) in [7, 11) is 2.11. The zero-order valence-electron chi connectivity index (χ0n) is 17.4. The second-order valence-electron chi connectivity index (χ2n) is 7.13. The first-order valence-corrected chi connectivity index (χ1v) is 10.4. The number of carbonyl (C=O) groups excluding carboxylic acids is 1. The van der Waals surface area contributed by atoms with Gasteiger partial charge in [-0.3, -0.25) is 9.69 Å². The lowest BCUT2D eigenvalue weighted by molar-refractivity contribution is -0.148. The molecule has 0 radical (unpaired) electrons. The second-order valence-corrected chi connectivity index (χ2v) is 7.94. The lowest BCUT2D eigenvalue weighted by Crippen LogP contribution is -2.47. The average molecular weight is 473 g/mol. The van der Waals surface area contributed by atoms with Crippen LogP contribution in [0.15, 0.2) is 30.5 Å². The minimum absolute atomic E-state index is 0.213. The van der Waals surface area contributed by atoms with Crippen molar-refractivity contribution in [3.8, 4) is 11.6 Å². The first-order valence-electron chi connectivity index (χ1n) is 9.62. The highest BCUT2D eigenvalue weighted by Gasteiger charge is 2.17. The van der Waals surface area contributed by atoms with E-state index >= 15 is 0 Å². The third-order valence-electron chi connectivity index (χ3n) is 4.52. The molecule has 1 saturated heterocycles. The normalized spacial score (nSPS) is 15.6. The number of β-amino-alcohol motifs (C(OH)–C–C–N with tert-alkyl or cyclic N) is 1. The maximum Gasteiger partial charge on any atom is 0.371 e. The minimum atomic E-state index is -1.38. The van der Waals surface area contributed by atoms with Crippen LogP contribution in [0.4, 0.5) is 0 Å². The Labute approximate surface area is 190 Å². The number of Topliss-reactive ketones (excluding diaryl/α,β-unsaturated/α-hetero) is 1. The maximum atomic E-state index is 10.2. The second kappa shape index (κ2) is 12.0. The molecule has 1 aliphatic heterocycles. The molecule has 1 aliphatic rings. The number of aliphatic carboxylic acids is 1. The number of aliphatic hydroxyl groups is 1. The molecule has 1 aromatic heterocycles. The number of carboxylic acid groups (broad SMARTS) is 1. The quantitative estimate of drug-likeness (QED) is 0.587. The van der Waals surface area contributed by atoms with Crippen molar-refractivity contribution in [1.82, 2.24) is 19.6 Å². The van der Waals surface area contributed by atoms with Gasteiger partial charge in [0.25, 0.3) is 0 Å². The summed E-state index contributed by atoms with van der Waals surface area (Å²) in [6, 6.07) is 7.04. The van der Waals surface area contributed by atoms with Gasteiger partial charge in [-0.15, -0.1) is 5.10 Å². The van der Waals surface area contributed by atoms with Gasteiger partial charge in [-0.1, -0.05) is 23.2 Å². The zero-order chi connectivity index (χ0) is 23.0. The fourth-order valence-electron chi connectivity index (χ4n) is 2.72. The molecule has 2 N–H and O–H groups in total. The summed E-state index contributed by atoms with van der Waals surface area (Å²) in [6.45, 7) is 5.83. The monoisotopic (exact) mass is 472 g/mol. The largest absolute Gasteiger partial charge is 0.476 e. The molecule has 1 unspecified atom stereocenters. The summed E-state index contributed by atoms with van der Waals surface area (Å²) in [5.41, 5.74) is 0.794. The number of carbonyl (C=O) groups is 2. The molecule has 11 heteroatoms. The molecular formula is C20H26Cl2N4O5. The number of aliphatic hydroxyl groups excluding tert-OH is 1. The molecule has 0 amide bonds. The Hall–Kier alpha value is -2.17. The van der Waals surface area contributed by atoms with Gasteiger partial charge in [0.2, 0.25) is 11.7 Å². The Balaban J connectivity index is 0.000000501. The Morgan fingerprint density at radius 3 is 2.39 bits per heavy atom. The number of piperazine rings is 1. The van der Waals surface area contributed by atoms with E-state index in [-0.39, 0.29) is 6.61 Å². The Kier molecular flexibility index (Phi) is 9.73. The van der Waals surface area contributed by atoms with Crippen LogP contribution < -0.4 is 4.74 Å². The summed E-state index contributed by atoms with van der Waals surface area (Å²) in [5.74, 6) is -1.74. The molecule has 170 valence electrons. The summed E-state index contributed by atoms with van der Waals surface area (Å²) in [4.78, 5) is 23.4. The van der Waals surface area contributed by atoms with E-state index in [1.165, 1.54) is 0 Å². The van der Waals surface area contributed by atoms with E-state index < -0.39 is 17.9 Å². The Morgan fingerprint density at radius 2 is 1.81 bits per heavy atom. The fraction of sp³-hybridized carbons (Fsp3) is 0.450. The van der Waals surface area contributed by atoms with Crippen molar-refractivity contribution in [2.45, 2.75) is 13.0 Å². The third-order valence-corrected chi connectivity index (χ3v) is 5.26. The summed E-state index contributed by atoms with van der Waals surface area (Å²) < 4.78 is 7.27. The molecule has 1 atom stereocenters. The van der Waals surface area contributed by atoms with Gasteiger partial charge in [-0.25, -0.2) is 9.48 Å². The van der Waals surface area contributed by atoms with E-state index in [9.17, 15) is 14.7 Å². The molecule has 31 heavy (non-hydrogen) atoms. The van der Waals surface area contributed by atoms with Crippen molar-refractivity contribution in [1.29, 1.82) is 0 Å². The van der Waals surface area contributed by atoms with E-state index in [0.717, 1.165) is 38.8 Å². The van der Waals surface area contributed by atoms with Crippen molar-refractivity contribution in [3.63, 3.8) is 0 Å². The first kappa shape index (κ1) is 25.1. The van der Waals surface area contributed by atoms with Gasteiger partial charge in [0.05, 0.1) is 15.7 Å². The topological polar surface area (TPSA) is 108 Å². The number of rotatable bonds is 7. The molecule has 9 nitrogen and oxygen atoms in total. The van der Waals surface area contributed by atoms with Gasteiger partial charge >= 0.3 is 5.97 Å². The summed E-state index contributed by atoms with van der Waals surface area (Å²) in [5, 5.41) is 23.1. The van der Waals surface area contributed by atoms with E-state index in [1.54, 1.807) is 29.1 Å². The van der Waals surface area contributed by atoms with Crippen LogP contribution in [0.3, 0.4) is 0 Å². The molecular weight excluding hydrogens is 447 g/mol. The maximum absolute atomic E-state index is 10.2. The Morgan fingerprint density at radius 1 is 1.16 bits per heavy atom. The van der Waals surface area contributed by atoms with Crippen molar-refractivity contribution < 1.29 is 24.5 Å². The molecule has 0 bridgehead atoms. The number of hydrogen-bond donors (Lipinski definition) is 2. The predicted molar refractivity (Wildman–Crippen MR) is 117 cm³/mol. The summed E-state index contributed by atoms with van der Waals surface area (Å²) in [6.07, 6.45) is 1.24. The average Bonchev–Trinajstić information content (AvgIpc) is 3.20. The number of carboxylic acids is 1. The van der Waals surface area contributed by atoms with Gasteiger partial charge in [0.1, 0.15) is 12.7 Å². The number of benzene rings is 1. The van der Waals surface area contributed by atoms with Crippen LogP contribution >= 0.6 is 23.2 Å². The van der Waals surface area contributed by atoms with Crippen molar-refractivity contribution in [2.24, 2.45) is 0 Å². The van der Waals surface area contributed by atoms with Crippen molar-refractivity contribution >= 4 is 35.0 Å². The van der Waals surface area contributed by atoms with Crippen LogP contribution in [0.2, 0.25) is 10.0 Å². The minimum Gasteiger partial charge on any atom is -0.476 e. The standard InChI is InChI=1S/C17H22Cl2N4O2.C3H4O3/c1-21-6-8-22(9-7-21)11-14(24)12-25-17-4-5-23(20-17)13-2-3-15(18)16(19)10-13;1-2(4)3(5)6/h2-5,10,14,24H,6-9,11-12H2,1H3;1H3,(H,5,6). The lowest BCUT2D eigenvalue weighted by Gasteiger charge is -2.33. The van der Waals surface area contributed by atoms with Gasteiger partial charge < -0.3 is 19.8 Å². The third kappa shape index (κ3) is 8.47. The van der Waals surface area contributed by atoms with Gasteiger partial charge in [-0.05, 0) is 25.2 Å². The highest BCUT2D eigenvalue weighted by Crippen LogP contribution is 2.24. The number of halogens is 2. The molecule has 2 heterocycles.